The molecule has 20 heavy (non-hydrogen) atoms. The highest BCUT2D eigenvalue weighted by Crippen LogP contribution is 2.31. The lowest BCUT2D eigenvalue weighted by atomic mass is 9.99. The molecule has 0 aliphatic carbocycles. The van der Waals surface area contributed by atoms with Crippen molar-refractivity contribution < 1.29 is 9.52 Å². The van der Waals surface area contributed by atoms with Crippen LogP contribution in [0.5, 0.6) is 0 Å². The first kappa shape index (κ1) is 15.4. The van der Waals surface area contributed by atoms with E-state index in [1.807, 2.05) is 18.2 Å². The summed E-state index contributed by atoms with van der Waals surface area (Å²) in [5.41, 5.74) is -0.227. The molecule has 2 N–H and O–H groups in total. The van der Waals surface area contributed by atoms with Gasteiger partial charge in [-0.25, -0.2) is 0 Å². The number of rotatable bonds is 6. The van der Waals surface area contributed by atoms with Crippen molar-refractivity contribution in [3.8, 4) is 0 Å². The van der Waals surface area contributed by atoms with Gasteiger partial charge in [-0.1, -0.05) is 25.4 Å². The largest absolute Gasteiger partial charge is 0.458 e. The van der Waals surface area contributed by atoms with Gasteiger partial charge in [0.2, 0.25) is 0 Å². The fraction of sp³-hybridized carbons (Fsp3) is 0.500. The molecule has 0 saturated heterocycles. The highest BCUT2D eigenvalue weighted by molar-refractivity contribution is 6.31. The Morgan fingerprint density at radius 1 is 1.35 bits per heavy atom. The van der Waals surface area contributed by atoms with Crippen LogP contribution in [0.4, 0.5) is 0 Å². The minimum absolute atomic E-state index is 0.584. The molecule has 2 rings (SSSR count). The number of hydrogen-bond donors (Lipinski definition) is 2. The van der Waals surface area contributed by atoms with Crippen molar-refractivity contribution in [1.82, 2.24) is 5.32 Å². The van der Waals surface area contributed by atoms with Crippen LogP contribution in [0.2, 0.25) is 5.02 Å². The molecule has 4 heteroatoms. The number of benzene rings is 1. The molecule has 0 aliphatic rings. The summed E-state index contributed by atoms with van der Waals surface area (Å²) >= 11 is 5.96. The first-order chi connectivity index (χ1) is 9.38. The molecule has 3 nitrogen and oxygen atoms in total. The predicted molar refractivity (Wildman–Crippen MR) is 83.1 cm³/mol. The maximum Gasteiger partial charge on any atom is 0.136 e. The zero-order valence-corrected chi connectivity index (χ0v) is 13.0. The van der Waals surface area contributed by atoms with Crippen LogP contribution in [0, 0.1) is 5.92 Å². The third-order valence-electron chi connectivity index (χ3n) is 3.35. The smallest absolute Gasteiger partial charge is 0.136 e. The number of hydrogen-bond acceptors (Lipinski definition) is 3. The Kier molecular flexibility index (Phi) is 4.74. The van der Waals surface area contributed by atoms with Crippen LogP contribution in [0.3, 0.4) is 0 Å². The normalized spacial score (nSPS) is 14.9. The topological polar surface area (TPSA) is 45.4 Å². The predicted octanol–water partition coefficient (Wildman–Crippen LogP) is 3.93. The van der Waals surface area contributed by atoms with Gasteiger partial charge in [0.1, 0.15) is 16.9 Å². The quantitative estimate of drug-likeness (QED) is 0.794. The van der Waals surface area contributed by atoms with Crippen LogP contribution in [0.15, 0.2) is 28.7 Å². The molecule has 1 atom stereocenters. The molecular weight excluding hydrogens is 274 g/mol. The second-order valence-corrected chi connectivity index (χ2v) is 6.35. The average Bonchev–Trinajstić information content (AvgIpc) is 2.78. The van der Waals surface area contributed by atoms with E-state index in [1.54, 1.807) is 13.0 Å². The molecule has 1 heterocycles. The molecule has 0 aliphatic heterocycles. The molecule has 0 saturated carbocycles. The van der Waals surface area contributed by atoms with E-state index in [0.29, 0.717) is 23.1 Å². The molecule has 110 valence electrons. The van der Waals surface area contributed by atoms with Crippen LogP contribution in [-0.4, -0.2) is 18.2 Å². The first-order valence-electron chi connectivity index (χ1n) is 7.01. The highest BCUT2D eigenvalue weighted by Gasteiger charge is 2.27. The number of halogens is 1. The lowest BCUT2D eigenvalue weighted by Crippen LogP contribution is -2.29. The molecule has 2 aromatic rings. The molecule has 0 bridgehead atoms. The summed E-state index contributed by atoms with van der Waals surface area (Å²) in [6.07, 6.45) is 0.604. The number of nitrogens with one attached hydrogen (secondary N) is 1. The minimum atomic E-state index is -0.977. The molecule has 0 amide bonds. The van der Waals surface area contributed by atoms with Gasteiger partial charge in [-0.05, 0) is 56.6 Å². The molecule has 1 aromatic heterocycles. The summed E-state index contributed by atoms with van der Waals surface area (Å²) in [6.45, 7) is 7.81. The van der Waals surface area contributed by atoms with Crippen molar-refractivity contribution in [1.29, 1.82) is 0 Å². The molecule has 1 aromatic carbocycles. The Morgan fingerprint density at radius 2 is 2.10 bits per heavy atom. The molecule has 0 fully saturated rings. The monoisotopic (exact) mass is 295 g/mol. The van der Waals surface area contributed by atoms with Gasteiger partial charge in [-0.3, -0.25) is 0 Å². The molecule has 0 radical (unpaired) electrons. The van der Waals surface area contributed by atoms with Crippen LogP contribution in [0.1, 0.15) is 33.0 Å². The SMILES string of the molecule is CC(C)CNCCC(C)(O)c1cc2cc(Cl)ccc2o1. The van der Waals surface area contributed by atoms with Crippen LogP contribution >= 0.6 is 11.6 Å². The second-order valence-electron chi connectivity index (χ2n) is 5.91. The maximum atomic E-state index is 10.6. The minimum Gasteiger partial charge on any atom is -0.458 e. The van der Waals surface area contributed by atoms with Crippen molar-refractivity contribution >= 4 is 22.6 Å². The Bertz CT molecular complexity index is 575. The van der Waals surface area contributed by atoms with Gasteiger partial charge in [0.25, 0.3) is 0 Å². The maximum absolute atomic E-state index is 10.6. The van der Waals surface area contributed by atoms with Gasteiger partial charge >= 0.3 is 0 Å². The summed E-state index contributed by atoms with van der Waals surface area (Å²) in [7, 11) is 0. The Labute approximate surface area is 124 Å². The van der Waals surface area contributed by atoms with E-state index in [9.17, 15) is 5.11 Å². The van der Waals surface area contributed by atoms with E-state index in [0.717, 1.165) is 24.1 Å². The number of aliphatic hydroxyl groups is 1. The number of fused-ring (bicyclic) bond motifs is 1. The van der Waals surface area contributed by atoms with Crippen LogP contribution in [-0.2, 0) is 5.60 Å². The molecule has 1 unspecified atom stereocenters. The zero-order valence-electron chi connectivity index (χ0n) is 12.2. The van der Waals surface area contributed by atoms with Gasteiger partial charge < -0.3 is 14.8 Å². The Hall–Kier alpha value is -1.03. The van der Waals surface area contributed by atoms with Crippen molar-refractivity contribution in [3.05, 3.63) is 35.0 Å². The first-order valence-corrected chi connectivity index (χ1v) is 7.39. The van der Waals surface area contributed by atoms with E-state index in [4.69, 9.17) is 16.0 Å². The Balaban J connectivity index is 2.06. The van der Waals surface area contributed by atoms with Gasteiger partial charge in [0.05, 0.1) is 0 Å². The van der Waals surface area contributed by atoms with E-state index < -0.39 is 5.60 Å². The summed E-state index contributed by atoms with van der Waals surface area (Å²) in [4.78, 5) is 0. The van der Waals surface area contributed by atoms with Crippen molar-refractivity contribution in [3.63, 3.8) is 0 Å². The fourth-order valence-corrected chi connectivity index (χ4v) is 2.31. The Morgan fingerprint density at radius 3 is 2.80 bits per heavy atom. The summed E-state index contributed by atoms with van der Waals surface area (Å²) < 4.78 is 5.73. The summed E-state index contributed by atoms with van der Waals surface area (Å²) in [5.74, 6) is 1.19. The van der Waals surface area contributed by atoms with E-state index in [-0.39, 0.29) is 0 Å². The lowest BCUT2D eigenvalue weighted by Gasteiger charge is -2.21. The third kappa shape index (κ3) is 3.75. The van der Waals surface area contributed by atoms with E-state index in [1.165, 1.54) is 0 Å². The van der Waals surface area contributed by atoms with Crippen molar-refractivity contribution in [2.75, 3.05) is 13.1 Å². The van der Waals surface area contributed by atoms with Gasteiger partial charge in [0.15, 0.2) is 0 Å². The van der Waals surface area contributed by atoms with E-state index >= 15 is 0 Å². The average molecular weight is 296 g/mol. The number of furan rings is 1. The lowest BCUT2D eigenvalue weighted by molar-refractivity contribution is 0.0270. The van der Waals surface area contributed by atoms with Crippen LogP contribution in [0.25, 0.3) is 11.0 Å². The second kappa shape index (κ2) is 6.17. The highest BCUT2D eigenvalue weighted by atomic mass is 35.5. The zero-order chi connectivity index (χ0) is 14.8. The van der Waals surface area contributed by atoms with Crippen LogP contribution < -0.4 is 5.32 Å². The fourth-order valence-electron chi connectivity index (χ4n) is 2.13. The summed E-state index contributed by atoms with van der Waals surface area (Å²) in [6, 6.07) is 7.32. The van der Waals surface area contributed by atoms with Crippen molar-refractivity contribution in [2.45, 2.75) is 32.8 Å². The summed E-state index contributed by atoms with van der Waals surface area (Å²) in [5, 5.41) is 15.5. The molecule has 0 spiro atoms. The van der Waals surface area contributed by atoms with E-state index in [2.05, 4.69) is 19.2 Å². The van der Waals surface area contributed by atoms with Gasteiger partial charge in [0, 0.05) is 10.4 Å². The van der Waals surface area contributed by atoms with Crippen molar-refractivity contribution in [2.24, 2.45) is 5.92 Å². The standard InChI is InChI=1S/C16H22ClNO2/c1-11(2)10-18-7-6-16(3,19)15-9-12-8-13(17)4-5-14(12)20-15/h4-5,8-9,11,18-19H,6-7,10H2,1-3H3. The third-order valence-corrected chi connectivity index (χ3v) is 3.59. The van der Waals surface area contributed by atoms with Gasteiger partial charge in [-0.2, -0.15) is 0 Å². The van der Waals surface area contributed by atoms with Gasteiger partial charge in [-0.15, -0.1) is 0 Å². The molecular formula is C16H22ClNO2.